The van der Waals surface area contributed by atoms with Crippen LogP contribution in [0.3, 0.4) is 0 Å². The molecule has 0 aliphatic rings. The van der Waals surface area contributed by atoms with E-state index in [1.807, 2.05) is 0 Å². The highest BCUT2D eigenvalue weighted by atomic mass is 16.5. The van der Waals surface area contributed by atoms with Gasteiger partial charge in [-0.2, -0.15) is 0 Å². The van der Waals surface area contributed by atoms with E-state index in [-0.39, 0.29) is 0 Å². The van der Waals surface area contributed by atoms with Crippen molar-refractivity contribution in [2.45, 2.75) is 59.7 Å². The Balaban J connectivity index is 2.57. The summed E-state index contributed by atoms with van der Waals surface area (Å²) in [5.41, 5.74) is 2.58. The topological polar surface area (TPSA) is 32.7 Å². The van der Waals surface area contributed by atoms with Crippen LogP contribution in [-0.4, -0.2) is 41.9 Å². The lowest BCUT2D eigenvalue weighted by atomic mass is 10.1. The molecule has 0 bridgehead atoms. The maximum atomic E-state index is 10.2. The highest BCUT2D eigenvalue weighted by molar-refractivity contribution is 5.22. The average Bonchev–Trinajstić information content (AvgIpc) is 2.45. The van der Waals surface area contributed by atoms with Gasteiger partial charge in [-0.1, -0.05) is 50.6 Å². The van der Waals surface area contributed by atoms with E-state index in [4.69, 9.17) is 4.74 Å². The van der Waals surface area contributed by atoms with Crippen molar-refractivity contribution in [2.75, 3.05) is 19.8 Å². The van der Waals surface area contributed by atoms with Crippen molar-refractivity contribution in [2.24, 2.45) is 5.92 Å². The van der Waals surface area contributed by atoms with Gasteiger partial charge in [0.25, 0.3) is 0 Å². The first-order valence-corrected chi connectivity index (χ1v) is 8.47. The van der Waals surface area contributed by atoms with Crippen LogP contribution in [0.4, 0.5) is 0 Å². The van der Waals surface area contributed by atoms with E-state index in [0.717, 1.165) is 13.0 Å². The van der Waals surface area contributed by atoms with Crippen LogP contribution >= 0.6 is 0 Å². The molecule has 1 rings (SSSR count). The van der Waals surface area contributed by atoms with Gasteiger partial charge in [0.15, 0.2) is 0 Å². The molecule has 0 saturated carbocycles. The molecule has 0 heterocycles. The Kier molecular flexibility index (Phi) is 8.69. The monoisotopic (exact) mass is 307 g/mol. The summed E-state index contributed by atoms with van der Waals surface area (Å²) in [6.07, 6.45) is 0.642. The molecule has 3 heteroatoms. The van der Waals surface area contributed by atoms with E-state index in [0.29, 0.717) is 31.7 Å². The lowest BCUT2D eigenvalue weighted by Gasteiger charge is -2.30. The fourth-order valence-corrected chi connectivity index (χ4v) is 2.47. The van der Waals surface area contributed by atoms with Gasteiger partial charge in [0.05, 0.1) is 12.7 Å². The largest absolute Gasteiger partial charge is 0.389 e. The minimum Gasteiger partial charge on any atom is -0.389 e. The number of rotatable bonds is 10. The van der Waals surface area contributed by atoms with Gasteiger partial charge in [-0.25, -0.2) is 0 Å². The van der Waals surface area contributed by atoms with Crippen molar-refractivity contribution in [3.05, 3.63) is 35.4 Å². The Labute approximate surface area is 136 Å². The summed E-state index contributed by atoms with van der Waals surface area (Å²) >= 11 is 0. The highest BCUT2D eigenvalue weighted by Crippen LogP contribution is 2.13. The van der Waals surface area contributed by atoms with E-state index in [2.05, 4.69) is 63.8 Å². The molecule has 1 aromatic carbocycles. The first kappa shape index (κ1) is 19.1. The molecule has 1 N–H and O–H groups in total. The van der Waals surface area contributed by atoms with Gasteiger partial charge in [-0.3, -0.25) is 4.90 Å². The molecule has 0 amide bonds. The van der Waals surface area contributed by atoms with Gasteiger partial charge >= 0.3 is 0 Å². The smallest absolute Gasteiger partial charge is 0.0900 e. The first-order chi connectivity index (χ1) is 10.4. The zero-order valence-corrected chi connectivity index (χ0v) is 14.9. The molecule has 1 aromatic rings. The number of nitrogens with zero attached hydrogens (tertiary/aromatic N) is 1. The quantitative estimate of drug-likeness (QED) is 0.716. The van der Waals surface area contributed by atoms with Crippen molar-refractivity contribution >= 4 is 0 Å². The molecule has 2 atom stereocenters. The minimum atomic E-state index is -0.433. The summed E-state index contributed by atoms with van der Waals surface area (Å²) in [5.74, 6) is 0.505. The summed E-state index contributed by atoms with van der Waals surface area (Å²) < 4.78 is 5.56. The first-order valence-electron chi connectivity index (χ1n) is 8.47. The molecule has 0 radical (unpaired) electrons. The summed E-state index contributed by atoms with van der Waals surface area (Å²) in [6.45, 7) is 13.4. The third kappa shape index (κ3) is 7.39. The molecule has 0 aromatic heterocycles. The third-order valence-electron chi connectivity index (χ3n) is 3.89. The van der Waals surface area contributed by atoms with E-state index in [9.17, 15) is 5.11 Å². The summed E-state index contributed by atoms with van der Waals surface area (Å²) in [7, 11) is 0. The van der Waals surface area contributed by atoms with Crippen LogP contribution in [0.25, 0.3) is 0 Å². The van der Waals surface area contributed by atoms with Gasteiger partial charge in [0, 0.05) is 25.7 Å². The Bertz CT molecular complexity index is 420. The zero-order valence-electron chi connectivity index (χ0n) is 14.9. The lowest BCUT2D eigenvalue weighted by molar-refractivity contribution is 0.000121. The van der Waals surface area contributed by atoms with E-state index in [1.54, 1.807) is 0 Å². The number of ether oxygens (including phenoxy) is 1. The number of benzene rings is 1. The second-order valence-electron chi connectivity index (χ2n) is 6.76. The number of hydrogen-bond acceptors (Lipinski definition) is 3. The van der Waals surface area contributed by atoms with Crippen LogP contribution in [0.5, 0.6) is 0 Å². The second kappa shape index (κ2) is 9.98. The molecule has 0 aliphatic carbocycles. The van der Waals surface area contributed by atoms with Gasteiger partial charge in [-0.05, 0) is 31.7 Å². The number of aliphatic hydroxyl groups is 1. The van der Waals surface area contributed by atoms with E-state index >= 15 is 0 Å². The van der Waals surface area contributed by atoms with Gasteiger partial charge in [0.1, 0.15) is 0 Å². The minimum absolute atomic E-state index is 0.416. The standard InChI is InChI=1S/C19H33NO2/c1-6-17(5)20(11-18-9-7-8-16(4)10-18)12-19(21)14-22-13-15(2)3/h7-10,15,17,19,21H,6,11-14H2,1-5H3/t17-,19-/m1/s1. The molecule has 22 heavy (non-hydrogen) atoms. The Morgan fingerprint density at radius 2 is 1.91 bits per heavy atom. The van der Waals surface area contributed by atoms with Gasteiger partial charge < -0.3 is 9.84 Å². The lowest BCUT2D eigenvalue weighted by Crippen LogP contribution is -2.40. The van der Waals surface area contributed by atoms with Crippen molar-refractivity contribution in [1.29, 1.82) is 0 Å². The predicted octanol–water partition coefficient (Wildman–Crippen LogP) is 3.63. The molecule has 0 unspecified atom stereocenters. The molecule has 0 aliphatic heterocycles. The molecule has 3 nitrogen and oxygen atoms in total. The number of aryl methyl sites for hydroxylation is 1. The highest BCUT2D eigenvalue weighted by Gasteiger charge is 2.17. The van der Waals surface area contributed by atoms with Crippen LogP contribution in [0.2, 0.25) is 0 Å². The maximum Gasteiger partial charge on any atom is 0.0900 e. The Hall–Kier alpha value is -0.900. The molecule has 0 fully saturated rings. The van der Waals surface area contributed by atoms with Crippen LogP contribution in [-0.2, 0) is 11.3 Å². The Morgan fingerprint density at radius 1 is 1.18 bits per heavy atom. The average molecular weight is 307 g/mol. The third-order valence-corrected chi connectivity index (χ3v) is 3.89. The molecular weight excluding hydrogens is 274 g/mol. The zero-order chi connectivity index (χ0) is 16.5. The van der Waals surface area contributed by atoms with Crippen molar-refractivity contribution in [1.82, 2.24) is 4.90 Å². The molecule has 126 valence electrons. The van der Waals surface area contributed by atoms with Crippen LogP contribution in [0, 0.1) is 12.8 Å². The van der Waals surface area contributed by atoms with Crippen molar-refractivity contribution < 1.29 is 9.84 Å². The summed E-state index contributed by atoms with van der Waals surface area (Å²) in [4.78, 5) is 2.35. The second-order valence-corrected chi connectivity index (χ2v) is 6.76. The number of aliphatic hydroxyl groups excluding tert-OH is 1. The summed E-state index contributed by atoms with van der Waals surface area (Å²) in [5, 5.41) is 10.2. The molecule has 0 saturated heterocycles. The number of hydrogen-bond donors (Lipinski definition) is 1. The van der Waals surface area contributed by atoms with Crippen LogP contribution in [0.1, 0.15) is 45.2 Å². The van der Waals surface area contributed by atoms with Gasteiger partial charge in [-0.15, -0.1) is 0 Å². The van der Waals surface area contributed by atoms with Crippen LogP contribution in [0.15, 0.2) is 24.3 Å². The van der Waals surface area contributed by atoms with Crippen molar-refractivity contribution in [3.63, 3.8) is 0 Å². The van der Waals surface area contributed by atoms with E-state index < -0.39 is 6.10 Å². The molecule has 0 spiro atoms. The maximum absolute atomic E-state index is 10.2. The Morgan fingerprint density at radius 3 is 2.50 bits per heavy atom. The van der Waals surface area contributed by atoms with Crippen molar-refractivity contribution in [3.8, 4) is 0 Å². The fourth-order valence-electron chi connectivity index (χ4n) is 2.47. The normalized spacial score (nSPS) is 14.5. The molecular formula is C19H33NO2. The SMILES string of the molecule is CC[C@@H](C)N(Cc1cccc(C)c1)C[C@@H](O)COCC(C)C. The van der Waals surface area contributed by atoms with Gasteiger partial charge in [0.2, 0.25) is 0 Å². The van der Waals surface area contributed by atoms with E-state index in [1.165, 1.54) is 11.1 Å². The fraction of sp³-hybridized carbons (Fsp3) is 0.684. The predicted molar refractivity (Wildman–Crippen MR) is 93.0 cm³/mol. The van der Waals surface area contributed by atoms with Crippen LogP contribution < -0.4 is 0 Å². The summed E-state index contributed by atoms with van der Waals surface area (Å²) in [6, 6.07) is 9.04.